The number of hydrogen-bond acceptors (Lipinski definition) is 3. The predicted molar refractivity (Wildman–Crippen MR) is 96.4 cm³/mol. The van der Waals surface area contributed by atoms with Crippen LogP contribution in [0.4, 0.5) is 5.69 Å². The molecule has 1 fully saturated rings. The highest BCUT2D eigenvalue weighted by Crippen LogP contribution is 2.25. The zero-order valence-corrected chi connectivity index (χ0v) is 15.7. The van der Waals surface area contributed by atoms with E-state index in [0.717, 1.165) is 25.7 Å². The van der Waals surface area contributed by atoms with Crippen LogP contribution < -0.4 is 5.32 Å². The van der Waals surface area contributed by atoms with Crippen LogP contribution in [0.5, 0.6) is 0 Å². The lowest BCUT2D eigenvalue weighted by Crippen LogP contribution is -2.32. The highest BCUT2D eigenvalue weighted by atomic mass is 32.2. The molecule has 1 aromatic rings. The Morgan fingerprint density at radius 3 is 2.38 bits per heavy atom. The molecule has 0 saturated carbocycles. The number of nitrogens with zero attached hydrogens (tertiary/aromatic N) is 1. The fraction of sp³-hybridized carbons (Fsp3) is 0.611. The minimum Gasteiger partial charge on any atom is -0.326 e. The molecule has 1 aromatic carbocycles. The lowest BCUT2D eigenvalue weighted by Gasteiger charge is -2.22. The van der Waals surface area contributed by atoms with Crippen LogP contribution in [0, 0.1) is 5.41 Å². The zero-order valence-electron chi connectivity index (χ0n) is 14.8. The van der Waals surface area contributed by atoms with Crippen molar-refractivity contribution in [3.05, 3.63) is 24.3 Å². The van der Waals surface area contributed by atoms with Crippen LogP contribution in [0.1, 0.15) is 52.9 Å². The van der Waals surface area contributed by atoms with E-state index >= 15 is 0 Å². The Morgan fingerprint density at radius 2 is 1.79 bits per heavy atom. The fourth-order valence-corrected chi connectivity index (χ4v) is 4.19. The van der Waals surface area contributed by atoms with E-state index < -0.39 is 15.4 Å². The van der Waals surface area contributed by atoms with Gasteiger partial charge in [0.1, 0.15) is 0 Å². The molecular weight excluding hydrogens is 324 g/mol. The van der Waals surface area contributed by atoms with E-state index in [1.807, 2.05) is 20.8 Å². The third-order valence-corrected chi connectivity index (χ3v) is 6.69. The summed E-state index contributed by atoms with van der Waals surface area (Å²) in [7, 11) is -3.50. The van der Waals surface area contributed by atoms with Crippen molar-refractivity contribution in [1.29, 1.82) is 0 Å². The van der Waals surface area contributed by atoms with Crippen LogP contribution in [-0.4, -0.2) is 31.7 Å². The first-order valence-electron chi connectivity index (χ1n) is 8.69. The summed E-state index contributed by atoms with van der Waals surface area (Å²) in [6.45, 7) is 6.85. The van der Waals surface area contributed by atoms with Gasteiger partial charge in [0.25, 0.3) is 0 Å². The van der Waals surface area contributed by atoms with Crippen LogP contribution in [0.2, 0.25) is 0 Å². The molecule has 5 nitrogen and oxygen atoms in total. The molecule has 0 atom stereocenters. The molecule has 0 aromatic heterocycles. The van der Waals surface area contributed by atoms with Gasteiger partial charge in [-0.3, -0.25) is 4.79 Å². The van der Waals surface area contributed by atoms with Crippen molar-refractivity contribution in [1.82, 2.24) is 4.31 Å². The quantitative estimate of drug-likeness (QED) is 0.880. The van der Waals surface area contributed by atoms with Crippen molar-refractivity contribution in [2.24, 2.45) is 5.41 Å². The van der Waals surface area contributed by atoms with Gasteiger partial charge in [-0.15, -0.1) is 0 Å². The normalized spacial score (nSPS) is 17.3. The third-order valence-electron chi connectivity index (χ3n) is 4.79. The summed E-state index contributed by atoms with van der Waals surface area (Å²) in [5.74, 6) is -0.102. The van der Waals surface area contributed by atoms with Crippen molar-refractivity contribution < 1.29 is 13.2 Å². The molecule has 1 saturated heterocycles. The summed E-state index contributed by atoms with van der Waals surface area (Å²) in [5, 5.41) is 2.84. The Labute approximate surface area is 145 Å². The SMILES string of the molecule is CCC(C)(C)C(=O)Nc1cccc(S(=O)(=O)N2CCCCCC2)c1. The molecule has 134 valence electrons. The number of benzene rings is 1. The van der Waals surface area contributed by atoms with Crippen LogP contribution in [0.3, 0.4) is 0 Å². The molecule has 0 spiro atoms. The van der Waals surface area contributed by atoms with E-state index in [2.05, 4.69) is 5.32 Å². The number of carbonyl (C=O) groups excluding carboxylic acids is 1. The average Bonchev–Trinajstić information content (AvgIpc) is 2.85. The molecule has 24 heavy (non-hydrogen) atoms. The molecule has 1 aliphatic heterocycles. The van der Waals surface area contributed by atoms with Gasteiger partial charge < -0.3 is 5.32 Å². The average molecular weight is 353 g/mol. The zero-order chi connectivity index (χ0) is 17.8. The van der Waals surface area contributed by atoms with Gasteiger partial charge in [-0.25, -0.2) is 8.42 Å². The molecule has 1 N–H and O–H groups in total. The molecule has 1 aliphatic rings. The van der Waals surface area contributed by atoms with E-state index in [0.29, 0.717) is 25.2 Å². The van der Waals surface area contributed by atoms with E-state index in [4.69, 9.17) is 0 Å². The molecule has 2 rings (SSSR count). The highest BCUT2D eigenvalue weighted by molar-refractivity contribution is 7.89. The van der Waals surface area contributed by atoms with Gasteiger partial charge in [0.2, 0.25) is 15.9 Å². The second kappa shape index (κ2) is 7.66. The second-order valence-electron chi connectivity index (χ2n) is 7.04. The van der Waals surface area contributed by atoms with Crippen molar-refractivity contribution in [3.63, 3.8) is 0 Å². The lowest BCUT2D eigenvalue weighted by atomic mass is 9.89. The van der Waals surface area contributed by atoms with Gasteiger partial charge in [0.15, 0.2) is 0 Å². The van der Waals surface area contributed by atoms with Gasteiger partial charge in [-0.05, 0) is 37.5 Å². The Hall–Kier alpha value is -1.40. The number of hydrogen-bond donors (Lipinski definition) is 1. The van der Waals surface area contributed by atoms with Crippen molar-refractivity contribution >= 4 is 21.6 Å². The van der Waals surface area contributed by atoms with Crippen molar-refractivity contribution in [3.8, 4) is 0 Å². The Balaban J connectivity index is 2.21. The molecule has 0 unspecified atom stereocenters. The molecular formula is C18H28N2O3S. The number of rotatable bonds is 5. The van der Waals surface area contributed by atoms with E-state index in [1.165, 1.54) is 0 Å². The smallest absolute Gasteiger partial charge is 0.243 e. The van der Waals surface area contributed by atoms with E-state index in [-0.39, 0.29) is 10.8 Å². The summed E-state index contributed by atoms with van der Waals surface area (Å²) in [5.41, 5.74) is 0.0389. The summed E-state index contributed by atoms with van der Waals surface area (Å²) < 4.78 is 27.3. The fourth-order valence-electron chi connectivity index (χ4n) is 2.63. The Bertz CT molecular complexity index is 675. The maximum Gasteiger partial charge on any atom is 0.243 e. The van der Waals surface area contributed by atoms with Crippen LogP contribution in [0.25, 0.3) is 0 Å². The largest absolute Gasteiger partial charge is 0.326 e. The maximum absolute atomic E-state index is 12.8. The lowest BCUT2D eigenvalue weighted by molar-refractivity contribution is -0.124. The highest BCUT2D eigenvalue weighted by Gasteiger charge is 2.27. The monoisotopic (exact) mass is 352 g/mol. The predicted octanol–water partition coefficient (Wildman–Crippen LogP) is 3.63. The standard InChI is InChI=1S/C18H28N2O3S/c1-4-18(2,3)17(21)19-15-10-9-11-16(14-15)24(22,23)20-12-7-5-6-8-13-20/h9-11,14H,4-8,12-13H2,1-3H3,(H,19,21). The van der Waals surface area contributed by atoms with Gasteiger partial charge in [0.05, 0.1) is 4.90 Å². The van der Waals surface area contributed by atoms with Crippen LogP contribution in [0.15, 0.2) is 29.2 Å². The molecule has 1 amide bonds. The molecule has 6 heteroatoms. The molecule has 0 bridgehead atoms. The molecule has 0 aliphatic carbocycles. The maximum atomic E-state index is 12.8. The van der Waals surface area contributed by atoms with Gasteiger partial charge >= 0.3 is 0 Å². The summed E-state index contributed by atoms with van der Waals surface area (Å²) in [4.78, 5) is 12.5. The van der Waals surface area contributed by atoms with Crippen LogP contribution in [-0.2, 0) is 14.8 Å². The number of anilines is 1. The summed E-state index contributed by atoms with van der Waals surface area (Å²) >= 11 is 0. The second-order valence-corrected chi connectivity index (χ2v) is 8.98. The minimum atomic E-state index is -3.50. The Morgan fingerprint density at radius 1 is 1.17 bits per heavy atom. The first-order chi connectivity index (χ1) is 11.3. The van der Waals surface area contributed by atoms with Gasteiger partial charge in [-0.2, -0.15) is 4.31 Å². The minimum absolute atomic E-state index is 0.102. The van der Waals surface area contributed by atoms with Crippen LogP contribution >= 0.6 is 0 Å². The van der Waals surface area contributed by atoms with Gasteiger partial charge in [0, 0.05) is 24.2 Å². The van der Waals surface area contributed by atoms with Crippen molar-refractivity contribution in [2.75, 3.05) is 18.4 Å². The van der Waals surface area contributed by atoms with Gasteiger partial charge in [-0.1, -0.05) is 39.7 Å². The molecule has 0 radical (unpaired) electrons. The number of carbonyl (C=O) groups is 1. The Kier molecular flexibility index (Phi) is 6.04. The number of nitrogens with one attached hydrogen (secondary N) is 1. The summed E-state index contributed by atoms with van der Waals surface area (Å²) in [6, 6.07) is 6.56. The number of amides is 1. The topological polar surface area (TPSA) is 66.5 Å². The first kappa shape index (κ1) is 18.9. The first-order valence-corrected chi connectivity index (χ1v) is 10.1. The van der Waals surface area contributed by atoms with E-state index in [1.54, 1.807) is 28.6 Å². The van der Waals surface area contributed by atoms with Crippen molar-refractivity contribution in [2.45, 2.75) is 57.8 Å². The third kappa shape index (κ3) is 4.36. The summed E-state index contributed by atoms with van der Waals surface area (Å²) in [6.07, 6.45) is 4.67. The molecule has 1 heterocycles. The van der Waals surface area contributed by atoms with E-state index in [9.17, 15) is 13.2 Å². The number of sulfonamides is 1.